The molecule has 0 heterocycles. The molecule has 122 valence electrons. The smallest absolute Gasteiger partial charge is 0.311 e. The molecule has 0 saturated heterocycles. The van der Waals surface area contributed by atoms with Crippen LogP contribution in [0, 0.1) is 17.0 Å². The first kappa shape index (κ1) is 17.9. The highest BCUT2D eigenvalue weighted by Crippen LogP contribution is 2.28. The summed E-state index contributed by atoms with van der Waals surface area (Å²) < 4.78 is 32.1. The van der Waals surface area contributed by atoms with Crippen molar-refractivity contribution in [2.45, 2.75) is 26.7 Å². The Balaban J connectivity index is 3.04. The van der Waals surface area contributed by atoms with E-state index < -0.39 is 40.2 Å². The van der Waals surface area contributed by atoms with Crippen LogP contribution in [-0.4, -0.2) is 30.6 Å². The second-order valence-corrected chi connectivity index (χ2v) is 4.91. The van der Waals surface area contributed by atoms with Gasteiger partial charge in [-0.1, -0.05) is 13.8 Å². The number of hydrogen-bond donors (Lipinski definition) is 2. The van der Waals surface area contributed by atoms with E-state index in [9.17, 15) is 23.5 Å². The Bertz CT molecular complexity index is 571. The van der Waals surface area contributed by atoms with Gasteiger partial charge < -0.3 is 15.2 Å². The summed E-state index contributed by atoms with van der Waals surface area (Å²) in [4.78, 5) is 23.5. The van der Waals surface area contributed by atoms with Crippen LogP contribution in [0.25, 0.3) is 0 Å². The van der Waals surface area contributed by atoms with Gasteiger partial charge in [-0.15, -0.1) is 0 Å². The zero-order valence-electron chi connectivity index (χ0n) is 12.7. The van der Waals surface area contributed by atoms with E-state index in [0.717, 1.165) is 19.2 Å². The van der Waals surface area contributed by atoms with E-state index in [4.69, 9.17) is 4.74 Å². The van der Waals surface area contributed by atoms with E-state index in [1.54, 1.807) is 13.8 Å². The van der Waals surface area contributed by atoms with Crippen LogP contribution < -0.4 is 10.1 Å². The first-order chi connectivity index (χ1) is 10.3. The summed E-state index contributed by atoms with van der Waals surface area (Å²) in [5.41, 5.74) is -1.72. The van der Waals surface area contributed by atoms with Crippen LogP contribution in [-0.2, 0) is 4.79 Å². The number of carboxylic acid groups (broad SMARTS) is 1. The highest BCUT2D eigenvalue weighted by atomic mass is 19.1. The fraction of sp³-hybridized carbons (Fsp3) is 0.467. The topological polar surface area (TPSA) is 75.6 Å². The van der Waals surface area contributed by atoms with Gasteiger partial charge in [0.15, 0.2) is 11.6 Å². The summed E-state index contributed by atoms with van der Waals surface area (Å²) in [6, 6.07) is 1.67. The lowest BCUT2D eigenvalue weighted by Gasteiger charge is -2.27. The van der Waals surface area contributed by atoms with Crippen molar-refractivity contribution in [3.63, 3.8) is 0 Å². The van der Waals surface area contributed by atoms with Crippen molar-refractivity contribution in [2.24, 2.45) is 5.41 Å². The van der Waals surface area contributed by atoms with Crippen LogP contribution in [0.2, 0.25) is 0 Å². The standard InChI is InChI=1S/C15H19F2NO4/c1-4-15(5-2,14(20)21)8-18-13(19)11-9(16)6-7-10(17)12(11)22-3/h6-7H,4-5,8H2,1-3H3,(H,18,19)(H,20,21). The molecule has 1 rings (SSSR count). The van der Waals surface area contributed by atoms with Gasteiger partial charge in [0.25, 0.3) is 5.91 Å². The number of benzene rings is 1. The van der Waals surface area contributed by atoms with E-state index in [2.05, 4.69) is 5.32 Å². The summed E-state index contributed by atoms with van der Waals surface area (Å²) in [6.45, 7) is 3.19. The second-order valence-electron chi connectivity index (χ2n) is 4.91. The Morgan fingerprint density at radius 2 is 1.77 bits per heavy atom. The number of nitrogens with one attached hydrogen (secondary N) is 1. The molecular formula is C15H19F2NO4. The third kappa shape index (κ3) is 3.35. The maximum absolute atomic E-state index is 13.8. The zero-order chi connectivity index (χ0) is 16.9. The van der Waals surface area contributed by atoms with Crippen LogP contribution in [0.4, 0.5) is 8.78 Å². The lowest BCUT2D eigenvalue weighted by atomic mass is 9.82. The highest BCUT2D eigenvalue weighted by Gasteiger charge is 2.35. The lowest BCUT2D eigenvalue weighted by Crippen LogP contribution is -2.42. The minimum Gasteiger partial charge on any atom is -0.493 e. The molecule has 2 N–H and O–H groups in total. The van der Waals surface area contributed by atoms with E-state index in [1.165, 1.54) is 0 Å². The summed E-state index contributed by atoms with van der Waals surface area (Å²) in [7, 11) is 1.12. The Morgan fingerprint density at radius 1 is 1.23 bits per heavy atom. The van der Waals surface area contributed by atoms with Crippen LogP contribution in [0.5, 0.6) is 5.75 Å². The number of ether oxygens (including phenoxy) is 1. The summed E-state index contributed by atoms with van der Waals surface area (Å²) in [5, 5.41) is 11.7. The quantitative estimate of drug-likeness (QED) is 0.811. The second kappa shape index (κ2) is 7.20. The van der Waals surface area contributed by atoms with Crippen LogP contribution in [0.3, 0.4) is 0 Å². The number of carbonyl (C=O) groups excluding carboxylic acids is 1. The van der Waals surface area contributed by atoms with Gasteiger partial charge in [-0.3, -0.25) is 9.59 Å². The Kier molecular flexibility index (Phi) is 5.84. The number of rotatable bonds is 7. The molecule has 1 aromatic carbocycles. The number of carbonyl (C=O) groups is 2. The van der Waals surface area contributed by atoms with Gasteiger partial charge in [0.05, 0.1) is 12.5 Å². The monoisotopic (exact) mass is 315 g/mol. The lowest BCUT2D eigenvalue weighted by molar-refractivity contribution is -0.149. The molecule has 0 aliphatic rings. The molecule has 0 fully saturated rings. The molecule has 5 nitrogen and oxygen atoms in total. The maximum atomic E-state index is 13.8. The van der Waals surface area contributed by atoms with Crippen LogP contribution in [0.1, 0.15) is 37.0 Å². The molecular weight excluding hydrogens is 296 g/mol. The van der Waals surface area contributed by atoms with Crippen molar-refractivity contribution < 1.29 is 28.2 Å². The molecule has 0 atom stereocenters. The molecule has 0 saturated carbocycles. The predicted molar refractivity (Wildman–Crippen MR) is 75.9 cm³/mol. The number of carboxylic acids is 1. The summed E-state index contributed by atoms with van der Waals surface area (Å²) in [5.74, 6) is -4.29. The molecule has 22 heavy (non-hydrogen) atoms. The molecule has 1 aromatic rings. The average molecular weight is 315 g/mol. The zero-order valence-corrected chi connectivity index (χ0v) is 12.7. The minimum atomic E-state index is -1.15. The summed E-state index contributed by atoms with van der Waals surface area (Å²) >= 11 is 0. The Labute approximate surface area is 127 Å². The first-order valence-electron chi connectivity index (χ1n) is 6.86. The van der Waals surface area contributed by atoms with Crippen molar-refractivity contribution in [1.82, 2.24) is 5.32 Å². The molecule has 0 aliphatic heterocycles. The van der Waals surface area contributed by atoms with Crippen molar-refractivity contribution in [1.29, 1.82) is 0 Å². The van der Waals surface area contributed by atoms with Crippen LogP contribution in [0.15, 0.2) is 12.1 Å². The van der Waals surface area contributed by atoms with E-state index in [-0.39, 0.29) is 6.54 Å². The molecule has 1 amide bonds. The number of aliphatic carboxylic acids is 1. The molecule has 0 unspecified atom stereocenters. The Hall–Kier alpha value is -2.18. The maximum Gasteiger partial charge on any atom is 0.311 e. The molecule has 0 aromatic heterocycles. The van der Waals surface area contributed by atoms with Gasteiger partial charge in [-0.2, -0.15) is 0 Å². The molecule has 0 spiro atoms. The van der Waals surface area contributed by atoms with E-state index in [1.807, 2.05) is 0 Å². The van der Waals surface area contributed by atoms with E-state index >= 15 is 0 Å². The number of methoxy groups -OCH3 is 1. The number of halogens is 2. The van der Waals surface area contributed by atoms with Crippen molar-refractivity contribution in [3.05, 3.63) is 29.3 Å². The van der Waals surface area contributed by atoms with Gasteiger partial charge in [0.2, 0.25) is 0 Å². The van der Waals surface area contributed by atoms with Crippen LogP contribution >= 0.6 is 0 Å². The highest BCUT2D eigenvalue weighted by molar-refractivity contribution is 5.97. The molecule has 0 aliphatic carbocycles. The SMILES string of the molecule is CCC(CC)(CNC(=O)c1c(F)ccc(F)c1OC)C(=O)O. The molecule has 7 heteroatoms. The molecule has 0 bridgehead atoms. The third-order valence-electron chi connectivity index (χ3n) is 3.88. The van der Waals surface area contributed by atoms with Gasteiger partial charge >= 0.3 is 5.97 Å². The molecule has 0 radical (unpaired) electrons. The predicted octanol–water partition coefficient (Wildman–Crippen LogP) is 2.59. The number of amides is 1. The fourth-order valence-electron chi connectivity index (χ4n) is 2.16. The van der Waals surface area contributed by atoms with Crippen molar-refractivity contribution >= 4 is 11.9 Å². The summed E-state index contributed by atoms with van der Waals surface area (Å²) in [6.07, 6.45) is 0.587. The van der Waals surface area contributed by atoms with Gasteiger partial charge in [-0.05, 0) is 25.0 Å². The number of hydrogen-bond acceptors (Lipinski definition) is 3. The first-order valence-corrected chi connectivity index (χ1v) is 6.86. The Morgan fingerprint density at radius 3 is 2.23 bits per heavy atom. The minimum absolute atomic E-state index is 0.187. The average Bonchev–Trinajstić information content (AvgIpc) is 2.50. The van der Waals surface area contributed by atoms with Gasteiger partial charge in [0, 0.05) is 6.54 Å². The largest absolute Gasteiger partial charge is 0.493 e. The van der Waals surface area contributed by atoms with Crippen molar-refractivity contribution in [2.75, 3.05) is 13.7 Å². The van der Waals surface area contributed by atoms with Gasteiger partial charge in [0.1, 0.15) is 11.4 Å². The van der Waals surface area contributed by atoms with Crippen molar-refractivity contribution in [3.8, 4) is 5.75 Å². The van der Waals surface area contributed by atoms with E-state index in [0.29, 0.717) is 12.8 Å². The third-order valence-corrected chi connectivity index (χ3v) is 3.88. The van der Waals surface area contributed by atoms with Gasteiger partial charge in [-0.25, -0.2) is 8.78 Å². The fourth-order valence-corrected chi connectivity index (χ4v) is 2.16. The normalized spacial score (nSPS) is 11.1.